The smallest absolute Gasteiger partial charge is 0.292 e. The van der Waals surface area contributed by atoms with Crippen LogP contribution >= 0.6 is 11.6 Å². The molecule has 1 aromatic rings. The maximum absolute atomic E-state index is 12.0. The molecule has 0 fully saturated rings. The van der Waals surface area contributed by atoms with Crippen molar-refractivity contribution in [3.8, 4) is 12.3 Å². The summed E-state index contributed by atoms with van der Waals surface area (Å²) in [6.45, 7) is 1.65. The number of anilines is 1. The van der Waals surface area contributed by atoms with Crippen LogP contribution in [-0.4, -0.2) is 28.8 Å². The predicted molar refractivity (Wildman–Crippen MR) is 69.5 cm³/mol. The molecule has 1 heterocycles. The molecule has 0 aliphatic carbocycles. The van der Waals surface area contributed by atoms with Crippen molar-refractivity contribution in [2.24, 2.45) is 0 Å². The van der Waals surface area contributed by atoms with Gasteiger partial charge in [0.25, 0.3) is 5.56 Å². The molecule has 1 amide bonds. The minimum atomic E-state index is -0.595. The summed E-state index contributed by atoms with van der Waals surface area (Å²) in [5.74, 6) is 2.05. The standard InChI is InChI=1S/C11H13ClN4O2/c1-4-5-16-11(18)9(8(12)6-14-16)15-7(2)10(17)13-3/h1,6-7,15H,5H2,2-3H3,(H,13,17). The van der Waals surface area contributed by atoms with Gasteiger partial charge in [-0.1, -0.05) is 17.5 Å². The largest absolute Gasteiger partial charge is 0.368 e. The molecule has 7 heteroatoms. The van der Waals surface area contributed by atoms with E-state index in [9.17, 15) is 9.59 Å². The lowest BCUT2D eigenvalue weighted by atomic mass is 10.3. The number of hydrogen-bond donors (Lipinski definition) is 2. The Morgan fingerprint density at radius 3 is 2.94 bits per heavy atom. The lowest BCUT2D eigenvalue weighted by Gasteiger charge is -2.14. The van der Waals surface area contributed by atoms with Crippen molar-refractivity contribution in [3.05, 3.63) is 21.6 Å². The van der Waals surface area contributed by atoms with Crippen LogP contribution in [0, 0.1) is 12.3 Å². The van der Waals surface area contributed by atoms with Crippen molar-refractivity contribution < 1.29 is 4.79 Å². The lowest BCUT2D eigenvalue weighted by molar-refractivity contribution is -0.121. The summed E-state index contributed by atoms with van der Waals surface area (Å²) < 4.78 is 1.09. The van der Waals surface area contributed by atoms with E-state index in [0.717, 1.165) is 4.68 Å². The highest BCUT2D eigenvalue weighted by molar-refractivity contribution is 6.33. The molecule has 0 aliphatic heterocycles. The fourth-order valence-corrected chi connectivity index (χ4v) is 1.48. The van der Waals surface area contributed by atoms with Crippen molar-refractivity contribution in [1.29, 1.82) is 0 Å². The first-order valence-corrected chi connectivity index (χ1v) is 5.56. The number of hydrogen-bond acceptors (Lipinski definition) is 4. The van der Waals surface area contributed by atoms with Crippen molar-refractivity contribution in [1.82, 2.24) is 15.1 Å². The van der Waals surface area contributed by atoms with Crippen LogP contribution in [0.1, 0.15) is 6.92 Å². The van der Waals surface area contributed by atoms with Crippen molar-refractivity contribution >= 4 is 23.2 Å². The number of nitrogens with zero attached hydrogens (tertiary/aromatic N) is 2. The molecule has 6 nitrogen and oxygen atoms in total. The molecule has 1 unspecified atom stereocenters. The molecule has 1 atom stereocenters. The number of rotatable bonds is 4. The van der Waals surface area contributed by atoms with Gasteiger partial charge in [-0.25, -0.2) is 4.68 Å². The van der Waals surface area contributed by atoms with E-state index in [-0.39, 0.29) is 23.2 Å². The van der Waals surface area contributed by atoms with Gasteiger partial charge in [0.1, 0.15) is 18.3 Å². The Morgan fingerprint density at radius 1 is 1.72 bits per heavy atom. The third kappa shape index (κ3) is 3.02. The summed E-state index contributed by atoms with van der Waals surface area (Å²) in [5.41, 5.74) is -0.353. The van der Waals surface area contributed by atoms with Crippen LogP contribution in [0.2, 0.25) is 5.02 Å². The molecular weight excluding hydrogens is 256 g/mol. The van der Waals surface area contributed by atoms with Crippen molar-refractivity contribution in [3.63, 3.8) is 0 Å². The van der Waals surface area contributed by atoms with Crippen molar-refractivity contribution in [2.75, 3.05) is 12.4 Å². The molecule has 0 bridgehead atoms. The fraction of sp³-hybridized carbons (Fsp3) is 0.364. The number of terminal acetylenes is 1. The zero-order valence-corrected chi connectivity index (χ0v) is 10.8. The number of likely N-dealkylation sites (N-methyl/N-ethyl adjacent to an activating group) is 1. The van der Waals surface area contributed by atoms with Crippen LogP contribution in [0.3, 0.4) is 0 Å². The van der Waals surface area contributed by atoms with Crippen LogP contribution < -0.4 is 16.2 Å². The SMILES string of the molecule is C#CCn1ncc(Cl)c(NC(C)C(=O)NC)c1=O. The first kappa shape index (κ1) is 14.1. The summed E-state index contributed by atoms with van der Waals surface area (Å²) in [5, 5.41) is 9.14. The second-order valence-corrected chi connectivity index (χ2v) is 3.92. The summed E-state index contributed by atoms with van der Waals surface area (Å²) in [4.78, 5) is 23.3. The average molecular weight is 269 g/mol. The van der Waals surface area contributed by atoms with Crippen LogP contribution in [0.25, 0.3) is 0 Å². The highest BCUT2D eigenvalue weighted by atomic mass is 35.5. The number of amides is 1. The second kappa shape index (κ2) is 6.07. The quantitative estimate of drug-likeness (QED) is 0.758. The zero-order valence-electron chi connectivity index (χ0n) is 10.0. The van der Waals surface area contributed by atoms with Gasteiger partial charge in [-0.3, -0.25) is 9.59 Å². The third-order valence-electron chi connectivity index (χ3n) is 2.24. The Bertz CT molecular complexity index is 547. The van der Waals surface area contributed by atoms with Gasteiger partial charge < -0.3 is 10.6 Å². The molecule has 0 saturated carbocycles. The summed E-state index contributed by atoms with van der Waals surface area (Å²) >= 11 is 5.87. The van der Waals surface area contributed by atoms with Crippen LogP contribution in [0.4, 0.5) is 5.69 Å². The van der Waals surface area contributed by atoms with Gasteiger partial charge in [-0.05, 0) is 6.92 Å². The predicted octanol–water partition coefficient (Wildman–Crippen LogP) is 0.0763. The molecule has 0 radical (unpaired) electrons. The monoisotopic (exact) mass is 268 g/mol. The molecule has 0 spiro atoms. The topological polar surface area (TPSA) is 76.0 Å². The molecule has 0 aromatic carbocycles. The first-order valence-electron chi connectivity index (χ1n) is 5.18. The normalized spacial score (nSPS) is 11.4. The summed E-state index contributed by atoms with van der Waals surface area (Å²) in [6, 6.07) is -0.595. The zero-order chi connectivity index (χ0) is 13.7. The molecule has 0 aliphatic rings. The highest BCUT2D eigenvalue weighted by Crippen LogP contribution is 2.15. The van der Waals surface area contributed by atoms with Gasteiger partial charge in [0.05, 0.1) is 11.2 Å². The van der Waals surface area contributed by atoms with Crippen molar-refractivity contribution in [2.45, 2.75) is 19.5 Å². The maximum Gasteiger partial charge on any atom is 0.292 e. The minimum Gasteiger partial charge on any atom is -0.368 e. The number of halogens is 1. The number of carbonyl (C=O) groups is 1. The Morgan fingerprint density at radius 2 is 2.39 bits per heavy atom. The maximum atomic E-state index is 12.0. The van der Waals surface area contributed by atoms with Gasteiger partial charge in [0.2, 0.25) is 5.91 Å². The van der Waals surface area contributed by atoms with Gasteiger partial charge >= 0.3 is 0 Å². The summed E-state index contributed by atoms with van der Waals surface area (Å²) in [6.07, 6.45) is 6.43. The number of nitrogens with one attached hydrogen (secondary N) is 2. The Hall–Kier alpha value is -2.00. The van der Waals surface area contributed by atoms with E-state index in [1.165, 1.54) is 13.2 Å². The Labute approximate surface area is 109 Å². The average Bonchev–Trinajstić information content (AvgIpc) is 2.36. The molecule has 96 valence electrons. The molecule has 1 rings (SSSR count). The first-order chi connectivity index (χ1) is 8.51. The third-order valence-corrected chi connectivity index (χ3v) is 2.53. The molecule has 18 heavy (non-hydrogen) atoms. The van der Waals surface area contributed by atoms with Gasteiger partial charge in [0, 0.05) is 7.05 Å². The van der Waals surface area contributed by atoms with E-state index in [2.05, 4.69) is 21.7 Å². The fourth-order valence-electron chi connectivity index (χ4n) is 1.30. The summed E-state index contributed by atoms with van der Waals surface area (Å²) in [7, 11) is 1.51. The Kier molecular flexibility index (Phi) is 4.75. The van der Waals surface area contributed by atoms with Gasteiger partial charge in [-0.2, -0.15) is 5.10 Å². The number of carbonyl (C=O) groups excluding carboxylic acids is 1. The van der Waals surface area contributed by atoms with Gasteiger partial charge in [-0.15, -0.1) is 6.42 Å². The van der Waals surface area contributed by atoms with Crippen LogP contribution in [-0.2, 0) is 11.3 Å². The lowest BCUT2D eigenvalue weighted by Crippen LogP contribution is -2.38. The van der Waals surface area contributed by atoms with E-state index in [4.69, 9.17) is 18.0 Å². The number of aromatic nitrogens is 2. The second-order valence-electron chi connectivity index (χ2n) is 3.51. The van der Waals surface area contributed by atoms with Crippen LogP contribution in [0.5, 0.6) is 0 Å². The highest BCUT2D eigenvalue weighted by Gasteiger charge is 2.16. The van der Waals surface area contributed by atoms with Gasteiger partial charge in [0.15, 0.2) is 0 Å². The molecule has 1 aromatic heterocycles. The van der Waals surface area contributed by atoms with E-state index < -0.39 is 11.6 Å². The van der Waals surface area contributed by atoms with Crippen LogP contribution in [0.15, 0.2) is 11.0 Å². The minimum absolute atomic E-state index is 0.0407. The molecule has 0 saturated heterocycles. The van der Waals surface area contributed by atoms with E-state index in [1.54, 1.807) is 6.92 Å². The van der Waals surface area contributed by atoms with E-state index >= 15 is 0 Å². The Balaban J connectivity index is 3.09. The molecule has 2 N–H and O–H groups in total. The van der Waals surface area contributed by atoms with E-state index in [1.807, 2.05) is 0 Å². The molecular formula is C11H13ClN4O2. The van der Waals surface area contributed by atoms with E-state index in [0.29, 0.717) is 0 Å².